The Bertz CT molecular complexity index is 1540. The lowest BCUT2D eigenvalue weighted by Crippen LogP contribution is -2.59. The highest BCUT2D eigenvalue weighted by molar-refractivity contribution is 7.90. The molecule has 3 N–H and O–H groups in total. The molecule has 45 heavy (non-hydrogen) atoms. The van der Waals surface area contributed by atoms with E-state index in [-0.39, 0.29) is 48.7 Å². The van der Waals surface area contributed by atoms with Gasteiger partial charge in [-0.3, -0.25) is 14.3 Å². The first kappa shape index (κ1) is 33.3. The number of nitrogens with one attached hydrogen (secondary N) is 3. The minimum Gasteiger partial charge on any atom is -0.490 e. The maximum absolute atomic E-state index is 15.6. The number of benzene rings is 2. The van der Waals surface area contributed by atoms with Crippen molar-refractivity contribution in [3.63, 3.8) is 0 Å². The lowest BCUT2D eigenvalue weighted by molar-refractivity contribution is -0.137. The largest absolute Gasteiger partial charge is 0.490 e. The molecule has 11 heteroatoms. The number of hydrogen-bond acceptors (Lipinski definition) is 6. The Morgan fingerprint density at radius 3 is 2.49 bits per heavy atom. The first-order valence-electron chi connectivity index (χ1n) is 16.0. The summed E-state index contributed by atoms with van der Waals surface area (Å²) in [6.07, 6.45) is 4.26. The molecule has 2 aliphatic carbocycles. The molecule has 2 aromatic rings. The summed E-state index contributed by atoms with van der Waals surface area (Å²) in [5.74, 6) is -0.953. The Morgan fingerprint density at radius 1 is 1.07 bits per heavy atom. The molecule has 5 rings (SSSR count). The normalized spacial score (nSPS) is 25.0. The van der Waals surface area contributed by atoms with Gasteiger partial charge in [0.25, 0.3) is 5.91 Å². The van der Waals surface area contributed by atoms with Crippen molar-refractivity contribution in [2.45, 2.75) is 108 Å². The average molecular weight is 646 g/mol. The van der Waals surface area contributed by atoms with Gasteiger partial charge in [-0.25, -0.2) is 17.2 Å². The standard InChI is InChI=1S/C34H45F2N3O5S/c1-21(2)45(42,43)39-30(40)16-22-11-14-29(27(15-22)26-9-6-10-28(35)31(26)23-7-5-8-23)44-25-13-12-24(17-25)38-32(41)34(36)18-33(3,4)19-37-20-34/h6,9-11,14-15,21,23-25,37H,5,7-8,12-13,16-20H2,1-4H3,(H,38,41)(H,39,40)/t24-,25-,34+/m1/s1. The number of piperidine rings is 1. The summed E-state index contributed by atoms with van der Waals surface area (Å²) in [7, 11) is -3.78. The van der Waals surface area contributed by atoms with Gasteiger partial charge in [-0.05, 0) is 92.2 Å². The molecular formula is C34H45F2N3O5S. The Labute approximate surface area is 265 Å². The molecule has 2 saturated carbocycles. The van der Waals surface area contributed by atoms with Gasteiger partial charge in [-0.1, -0.05) is 38.5 Å². The van der Waals surface area contributed by atoms with Crippen LogP contribution < -0.4 is 20.1 Å². The van der Waals surface area contributed by atoms with Crippen LogP contribution in [-0.4, -0.2) is 56.4 Å². The highest BCUT2D eigenvalue weighted by atomic mass is 32.2. The van der Waals surface area contributed by atoms with Gasteiger partial charge in [-0.2, -0.15) is 0 Å². The first-order valence-corrected chi connectivity index (χ1v) is 17.5. The van der Waals surface area contributed by atoms with E-state index in [2.05, 4.69) is 15.4 Å². The van der Waals surface area contributed by atoms with Gasteiger partial charge in [0.15, 0.2) is 0 Å². The van der Waals surface area contributed by atoms with Crippen LogP contribution in [0.3, 0.4) is 0 Å². The Kier molecular flexibility index (Phi) is 9.61. The lowest BCUT2D eigenvalue weighted by atomic mass is 9.76. The fourth-order valence-electron chi connectivity index (χ4n) is 6.70. The van der Waals surface area contributed by atoms with E-state index >= 15 is 8.78 Å². The summed E-state index contributed by atoms with van der Waals surface area (Å²) < 4.78 is 64.0. The SMILES string of the molecule is CC(C)S(=O)(=O)NC(=O)Cc1ccc(O[C@@H]2CC[C@@H](NC(=O)[C@@]3(F)CNCC(C)(C)C3)C2)c(-c2cccc(F)c2C2CCC2)c1. The van der Waals surface area contributed by atoms with Crippen LogP contribution in [0.2, 0.25) is 0 Å². The summed E-state index contributed by atoms with van der Waals surface area (Å²) in [6.45, 7) is 7.52. The highest BCUT2D eigenvalue weighted by Gasteiger charge is 2.47. The zero-order chi connectivity index (χ0) is 32.6. The molecule has 0 aromatic heterocycles. The molecule has 0 unspecified atom stereocenters. The number of carbonyl (C=O) groups excluding carboxylic acids is 2. The van der Waals surface area contributed by atoms with Crippen LogP contribution in [-0.2, 0) is 26.0 Å². The molecule has 2 amide bonds. The van der Waals surface area contributed by atoms with E-state index < -0.39 is 32.8 Å². The molecule has 1 heterocycles. The first-order chi connectivity index (χ1) is 21.2. The van der Waals surface area contributed by atoms with Gasteiger partial charge < -0.3 is 15.4 Å². The topological polar surface area (TPSA) is 114 Å². The molecule has 3 atom stereocenters. The van der Waals surface area contributed by atoms with E-state index in [4.69, 9.17) is 4.74 Å². The van der Waals surface area contributed by atoms with Crippen molar-refractivity contribution in [2.75, 3.05) is 13.1 Å². The van der Waals surface area contributed by atoms with E-state index in [0.717, 1.165) is 19.3 Å². The highest BCUT2D eigenvalue weighted by Crippen LogP contribution is 2.45. The number of hydrogen-bond donors (Lipinski definition) is 3. The summed E-state index contributed by atoms with van der Waals surface area (Å²) in [4.78, 5) is 25.7. The van der Waals surface area contributed by atoms with Gasteiger partial charge in [0.1, 0.15) is 17.7 Å². The van der Waals surface area contributed by atoms with Gasteiger partial charge >= 0.3 is 0 Å². The molecule has 8 nitrogen and oxygen atoms in total. The summed E-state index contributed by atoms with van der Waals surface area (Å²) in [6, 6.07) is 9.94. The molecule has 246 valence electrons. The average Bonchev–Trinajstić information content (AvgIpc) is 3.35. The summed E-state index contributed by atoms with van der Waals surface area (Å²) in [5, 5.41) is 5.21. The van der Waals surface area contributed by atoms with Crippen LogP contribution in [0.25, 0.3) is 11.1 Å². The van der Waals surface area contributed by atoms with Crippen LogP contribution in [0.15, 0.2) is 36.4 Å². The number of alkyl halides is 1. The molecule has 0 radical (unpaired) electrons. The maximum atomic E-state index is 15.6. The van der Waals surface area contributed by atoms with Crippen LogP contribution in [0.4, 0.5) is 8.78 Å². The molecule has 2 aromatic carbocycles. The van der Waals surface area contributed by atoms with E-state index in [9.17, 15) is 18.0 Å². The molecule has 1 aliphatic heterocycles. The van der Waals surface area contributed by atoms with E-state index in [1.165, 1.54) is 19.9 Å². The third-order valence-electron chi connectivity index (χ3n) is 9.33. The summed E-state index contributed by atoms with van der Waals surface area (Å²) >= 11 is 0. The second-order valence-corrected chi connectivity index (χ2v) is 16.3. The third kappa shape index (κ3) is 7.68. The Balaban J connectivity index is 1.36. The summed E-state index contributed by atoms with van der Waals surface area (Å²) in [5.41, 5.74) is 0.186. The van der Waals surface area contributed by atoms with Crippen molar-refractivity contribution in [3.05, 3.63) is 53.3 Å². The fourth-order valence-corrected chi connectivity index (χ4v) is 7.32. The van der Waals surface area contributed by atoms with Gasteiger partial charge in [0.05, 0.1) is 11.7 Å². The lowest BCUT2D eigenvalue weighted by Gasteiger charge is -2.39. The number of rotatable bonds is 10. The smallest absolute Gasteiger partial charge is 0.259 e. The van der Waals surface area contributed by atoms with Gasteiger partial charge in [0.2, 0.25) is 21.6 Å². The minimum atomic E-state index is -3.78. The van der Waals surface area contributed by atoms with Crippen molar-refractivity contribution in [3.8, 4) is 16.9 Å². The predicted octanol–water partition coefficient (Wildman–Crippen LogP) is 5.30. The zero-order valence-electron chi connectivity index (χ0n) is 26.5. The second kappa shape index (κ2) is 13.0. The molecular weight excluding hydrogens is 600 g/mol. The number of sulfonamides is 1. The van der Waals surface area contributed by atoms with Crippen molar-refractivity contribution in [1.29, 1.82) is 0 Å². The van der Waals surface area contributed by atoms with Crippen molar-refractivity contribution < 1.29 is 31.5 Å². The Morgan fingerprint density at radius 2 is 1.82 bits per heavy atom. The maximum Gasteiger partial charge on any atom is 0.259 e. The van der Waals surface area contributed by atoms with Crippen molar-refractivity contribution in [2.24, 2.45) is 5.41 Å². The second-order valence-electron chi connectivity index (χ2n) is 14.1. The Hall–Kier alpha value is -3.05. The molecule has 1 saturated heterocycles. The fraction of sp³-hybridized carbons (Fsp3) is 0.588. The van der Waals surface area contributed by atoms with E-state index in [0.29, 0.717) is 53.8 Å². The van der Waals surface area contributed by atoms with Gasteiger partial charge in [0, 0.05) is 31.1 Å². The predicted molar refractivity (Wildman–Crippen MR) is 170 cm³/mol. The van der Waals surface area contributed by atoms with Crippen LogP contribution >= 0.6 is 0 Å². The van der Waals surface area contributed by atoms with Crippen molar-refractivity contribution >= 4 is 21.8 Å². The van der Waals surface area contributed by atoms with Crippen LogP contribution in [0, 0.1) is 11.2 Å². The molecule has 0 bridgehead atoms. The number of halogens is 2. The van der Waals surface area contributed by atoms with Crippen LogP contribution in [0.1, 0.15) is 89.7 Å². The van der Waals surface area contributed by atoms with E-state index in [1.54, 1.807) is 24.3 Å². The van der Waals surface area contributed by atoms with Crippen LogP contribution in [0.5, 0.6) is 5.75 Å². The zero-order valence-corrected chi connectivity index (χ0v) is 27.4. The number of ether oxygens (including phenoxy) is 1. The third-order valence-corrected chi connectivity index (χ3v) is 11.1. The molecule has 3 aliphatic rings. The molecule has 3 fully saturated rings. The van der Waals surface area contributed by atoms with Crippen molar-refractivity contribution in [1.82, 2.24) is 15.4 Å². The number of carbonyl (C=O) groups is 2. The monoisotopic (exact) mass is 645 g/mol. The van der Waals surface area contributed by atoms with E-state index in [1.807, 2.05) is 19.9 Å². The molecule has 0 spiro atoms. The van der Waals surface area contributed by atoms with Gasteiger partial charge in [-0.15, -0.1) is 0 Å². The minimum absolute atomic E-state index is 0.0109. The number of amides is 2. The quantitative estimate of drug-likeness (QED) is 0.323.